The van der Waals surface area contributed by atoms with Gasteiger partial charge in [0.25, 0.3) is 5.91 Å². The Morgan fingerprint density at radius 3 is 2.59 bits per heavy atom. The van der Waals surface area contributed by atoms with Crippen LogP contribution in [0.5, 0.6) is 0 Å². The molecule has 9 nitrogen and oxygen atoms in total. The minimum Gasteiger partial charge on any atom is -0.354 e. The van der Waals surface area contributed by atoms with Gasteiger partial charge in [0.15, 0.2) is 5.65 Å². The fourth-order valence-corrected chi connectivity index (χ4v) is 4.73. The first-order chi connectivity index (χ1) is 16.4. The maximum atomic E-state index is 13.2. The molecule has 0 saturated carbocycles. The number of likely N-dealkylation sites (tertiary alicyclic amines) is 1. The molecular formula is C24H28ClN7O2. The number of nitrogens with zero attached hydrogens (tertiary/aromatic N) is 6. The summed E-state index contributed by atoms with van der Waals surface area (Å²) < 4.78 is 1.75. The van der Waals surface area contributed by atoms with Crippen LogP contribution in [0.3, 0.4) is 0 Å². The van der Waals surface area contributed by atoms with E-state index in [1.165, 1.54) is 0 Å². The van der Waals surface area contributed by atoms with Gasteiger partial charge in [-0.25, -0.2) is 4.98 Å². The molecule has 0 aliphatic carbocycles. The predicted molar refractivity (Wildman–Crippen MR) is 132 cm³/mol. The van der Waals surface area contributed by atoms with Crippen molar-refractivity contribution in [1.82, 2.24) is 24.4 Å². The van der Waals surface area contributed by atoms with Crippen molar-refractivity contribution in [2.75, 3.05) is 56.5 Å². The van der Waals surface area contributed by atoms with Crippen molar-refractivity contribution in [2.24, 2.45) is 0 Å². The molecule has 1 aromatic carbocycles. The Balaban J connectivity index is 1.54. The Morgan fingerprint density at radius 2 is 1.91 bits per heavy atom. The molecule has 2 aliphatic rings. The highest BCUT2D eigenvalue weighted by Crippen LogP contribution is 2.31. The molecule has 0 spiro atoms. The van der Waals surface area contributed by atoms with Crippen LogP contribution in [0.1, 0.15) is 35.3 Å². The SMILES string of the molecule is CCN1C[C@H](c2cc(N3CCN(C)CC3)n3ncc(C(=O)Nc4ccc(Cl)cc4)c3n2)CC1=O. The van der Waals surface area contributed by atoms with Gasteiger partial charge in [-0.3, -0.25) is 9.59 Å². The smallest absolute Gasteiger partial charge is 0.261 e. The van der Waals surface area contributed by atoms with Crippen LogP contribution in [0.2, 0.25) is 5.02 Å². The van der Waals surface area contributed by atoms with Gasteiger partial charge in [-0.2, -0.15) is 9.61 Å². The number of hydrogen-bond donors (Lipinski definition) is 1. The van der Waals surface area contributed by atoms with Crippen molar-refractivity contribution in [1.29, 1.82) is 0 Å². The van der Waals surface area contributed by atoms with Gasteiger partial charge < -0.3 is 20.0 Å². The number of carbonyl (C=O) groups is 2. The van der Waals surface area contributed by atoms with Gasteiger partial charge in [-0.1, -0.05) is 11.6 Å². The van der Waals surface area contributed by atoms with E-state index in [2.05, 4.69) is 27.3 Å². The van der Waals surface area contributed by atoms with Gasteiger partial charge in [0.1, 0.15) is 11.4 Å². The fraction of sp³-hybridized carbons (Fsp3) is 0.417. The van der Waals surface area contributed by atoms with Crippen LogP contribution in [-0.2, 0) is 4.79 Å². The lowest BCUT2D eigenvalue weighted by Gasteiger charge is -2.34. The number of amides is 2. The lowest BCUT2D eigenvalue weighted by atomic mass is 10.0. The molecule has 10 heteroatoms. The molecule has 2 aromatic heterocycles. The molecule has 3 aromatic rings. The Hall–Kier alpha value is -3.17. The Morgan fingerprint density at radius 1 is 1.18 bits per heavy atom. The van der Waals surface area contributed by atoms with Crippen molar-refractivity contribution in [3.05, 3.63) is 52.8 Å². The summed E-state index contributed by atoms with van der Waals surface area (Å²) in [6.07, 6.45) is 1.99. The average molecular weight is 482 g/mol. The number of rotatable bonds is 5. The standard InChI is InChI=1S/C24H28ClN7O2/c1-3-30-15-16(12-22(30)33)20-13-21(31-10-8-29(2)9-11-31)32-23(28-20)19(14-26-32)24(34)27-18-6-4-17(25)5-7-18/h4-7,13-14,16H,3,8-12,15H2,1-2H3,(H,27,34)/t16-/m1/s1. The number of halogens is 1. The van der Waals surface area contributed by atoms with Crippen LogP contribution in [0.25, 0.3) is 5.65 Å². The summed E-state index contributed by atoms with van der Waals surface area (Å²) in [6, 6.07) is 9.01. The van der Waals surface area contributed by atoms with Crippen LogP contribution < -0.4 is 10.2 Å². The highest BCUT2D eigenvalue weighted by atomic mass is 35.5. The molecule has 4 heterocycles. The molecule has 1 atom stereocenters. The molecule has 2 amide bonds. The molecule has 1 N–H and O–H groups in total. The first kappa shape index (κ1) is 22.6. The van der Waals surface area contributed by atoms with Crippen molar-refractivity contribution in [3.8, 4) is 0 Å². The van der Waals surface area contributed by atoms with Gasteiger partial charge in [0.2, 0.25) is 5.91 Å². The summed E-state index contributed by atoms with van der Waals surface area (Å²) in [5.41, 5.74) is 2.36. The van der Waals surface area contributed by atoms with Gasteiger partial charge in [0.05, 0.1) is 11.9 Å². The molecule has 2 aliphatic heterocycles. The third-order valence-electron chi connectivity index (χ3n) is 6.66. The monoisotopic (exact) mass is 481 g/mol. The van der Waals surface area contributed by atoms with Crippen LogP contribution in [-0.4, -0.2) is 82.5 Å². The van der Waals surface area contributed by atoms with Crippen molar-refractivity contribution < 1.29 is 9.59 Å². The molecule has 5 rings (SSSR count). The van der Waals surface area contributed by atoms with E-state index in [9.17, 15) is 9.59 Å². The van der Waals surface area contributed by atoms with E-state index in [1.807, 2.05) is 17.9 Å². The van der Waals surface area contributed by atoms with Gasteiger partial charge >= 0.3 is 0 Å². The third-order valence-corrected chi connectivity index (χ3v) is 6.91. The number of aromatic nitrogens is 3. The first-order valence-corrected chi connectivity index (χ1v) is 12.0. The summed E-state index contributed by atoms with van der Waals surface area (Å²) in [5.74, 6) is 0.750. The highest BCUT2D eigenvalue weighted by molar-refractivity contribution is 6.30. The molecule has 2 saturated heterocycles. The normalized spacial score (nSPS) is 19.3. The number of carbonyl (C=O) groups excluding carboxylic acids is 2. The zero-order valence-corrected chi connectivity index (χ0v) is 20.1. The molecule has 0 radical (unpaired) electrons. The van der Waals surface area contributed by atoms with E-state index in [0.29, 0.717) is 41.4 Å². The molecule has 0 unspecified atom stereocenters. The highest BCUT2D eigenvalue weighted by Gasteiger charge is 2.32. The molecule has 2 fully saturated rings. The Bertz CT molecular complexity index is 1220. The van der Waals surface area contributed by atoms with Crippen LogP contribution in [0.15, 0.2) is 36.5 Å². The second kappa shape index (κ2) is 9.23. The summed E-state index contributed by atoms with van der Waals surface area (Å²) >= 11 is 5.97. The zero-order valence-electron chi connectivity index (χ0n) is 19.4. The average Bonchev–Trinajstić information content (AvgIpc) is 3.44. The first-order valence-electron chi connectivity index (χ1n) is 11.6. The van der Waals surface area contributed by atoms with Crippen molar-refractivity contribution in [3.63, 3.8) is 0 Å². The third kappa shape index (κ3) is 4.33. The van der Waals surface area contributed by atoms with Gasteiger partial charge in [-0.15, -0.1) is 0 Å². The summed E-state index contributed by atoms with van der Waals surface area (Å²) in [6.45, 7) is 6.90. The quantitative estimate of drug-likeness (QED) is 0.603. The zero-order chi connectivity index (χ0) is 23.8. The van der Waals surface area contributed by atoms with Crippen LogP contribution >= 0.6 is 11.6 Å². The fourth-order valence-electron chi connectivity index (χ4n) is 4.60. The van der Waals surface area contributed by atoms with E-state index in [1.54, 1.807) is 35.0 Å². The number of likely N-dealkylation sites (N-methyl/N-ethyl adjacent to an activating group) is 2. The number of anilines is 2. The summed E-state index contributed by atoms with van der Waals surface area (Å²) in [4.78, 5) is 36.9. The Kier molecular flexibility index (Phi) is 6.14. The maximum Gasteiger partial charge on any atom is 0.261 e. The van der Waals surface area contributed by atoms with Crippen LogP contribution in [0, 0.1) is 0 Å². The number of benzene rings is 1. The van der Waals surface area contributed by atoms with Crippen LogP contribution in [0.4, 0.5) is 11.5 Å². The largest absolute Gasteiger partial charge is 0.354 e. The minimum absolute atomic E-state index is 0.00857. The molecule has 34 heavy (non-hydrogen) atoms. The number of nitrogens with one attached hydrogen (secondary N) is 1. The van der Waals surface area contributed by atoms with Crippen molar-refractivity contribution >= 4 is 40.6 Å². The molecule has 178 valence electrons. The second-order valence-corrected chi connectivity index (χ2v) is 9.35. The topological polar surface area (TPSA) is 86.1 Å². The summed E-state index contributed by atoms with van der Waals surface area (Å²) in [7, 11) is 2.11. The number of hydrogen-bond acceptors (Lipinski definition) is 6. The van der Waals surface area contributed by atoms with E-state index in [-0.39, 0.29) is 17.7 Å². The Labute approximate surface area is 203 Å². The van der Waals surface area contributed by atoms with Crippen molar-refractivity contribution in [2.45, 2.75) is 19.3 Å². The van der Waals surface area contributed by atoms with E-state index < -0.39 is 0 Å². The second-order valence-electron chi connectivity index (χ2n) is 8.92. The van der Waals surface area contributed by atoms with E-state index >= 15 is 0 Å². The lowest BCUT2D eigenvalue weighted by molar-refractivity contribution is -0.127. The molecule has 0 bridgehead atoms. The lowest BCUT2D eigenvalue weighted by Crippen LogP contribution is -2.45. The maximum absolute atomic E-state index is 13.2. The predicted octanol–water partition coefficient (Wildman–Crippen LogP) is 2.72. The molecular weight excluding hydrogens is 454 g/mol. The van der Waals surface area contributed by atoms with E-state index in [4.69, 9.17) is 16.6 Å². The number of piperazine rings is 1. The number of fused-ring (bicyclic) bond motifs is 1. The van der Waals surface area contributed by atoms with Gasteiger partial charge in [-0.05, 0) is 38.2 Å². The van der Waals surface area contributed by atoms with Gasteiger partial charge in [0, 0.05) is 68.4 Å². The van der Waals surface area contributed by atoms with E-state index in [0.717, 1.165) is 37.7 Å². The minimum atomic E-state index is -0.288. The summed E-state index contributed by atoms with van der Waals surface area (Å²) in [5, 5.41) is 8.05.